The minimum absolute atomic E-state index is 0.143. The van der Waals surface area contributed by atoms with E-state index in [9.17, 15) is 9.18 Å². The summed E-state index contributed by atoms with van der Waals surface area (Å²) in [6.45, 7) is 1.80. The Labute approximate surface area is 114 Å². The molecule has 18 heavy (non-hydrogen) atoms. The molecule has 0 saturated carbocycles. The van der Waals surface area contributed by atoms with Gasteiger partial charge < -0.3 is 10.2 Å². The first-order valence-electron chi connectivity index (χ1n) is 6.03. The van der Waals surface area contributed by atoms with Crippen LogP contribution in [-0.2, 0) is 0 Å². The second-order valence-electron chi connectivity index (χ2n) is 4.52. The molecule has 98 valence electrons. The molecule has 1 amide bonds. The van der Waals surface area contributed by atoms with Crippen LogP contribution in [0.3, 0.4) is 0 Å². The molecule has 3 nitrogen and oxygen atoms in total. The predicted octanol–water partition coefficient (Wildman–Crippen LogP) is 2.41. The number of hydrogen-bond acceptors (Lipinski definition) is 2. The average Bonchev–Trinajstić information content (AvgIpc) is 2.41. The third kappa shape index (κ3) is 2.72. The van der Waals surface area contributed by atoms with E-state index < -0.39 is 5.82 Å². The van der Waals surface area contributed by atoms with Crippen LogP contribution in [0.5, 0.6) is 0 Å². The van der Waals surface area contributed by atoms with Crippen LogP contribution in [0.15, 0.2) is 22.7 Å². The van der Waals surface area contributed by atoms with Gasteiger partial charge in [0.05, 0.1) is 10.0 Å². The lowest BCUT2D eigenvalue weighted by atomic mass is 10.1. The van der Waals surface area contributed by atoms with Gasteiger partial charge in [0.2, 0.25) is 0 Å². The number of nitrogens with zero attached hydrogens (tertiary/aromatic N) is 1. The highest BCUT2D eigenvalue weighted by molar-refractivity contribution is 9.10. The molecular formula is C13H16BrFN2O. The number of hydrogen-bond donors (Lipinski definition) is 1. The van der Waals surface area contributed by atoms with Gasteiger partial charge >= 0.3 is 0 Å². The molecule has 5 heteroatoms. The van der Waals surface area contributed by atoms with Crippen molar-refractivity contribution in [2.24, 2.45) is 0 Å². The highest BCUT2D eigenvalue weighted by atomic mass is 79.9. The van der Waals surface area contributed by atoms with Crippen LogP contribution in [0.1, 0.15) is 23.2 Å². The molecule has 1 aliphatic heterocycles. The van der Waals surface area contributed by atoms with Crippen molar-refractivity contribution >= 4 is 21.8 Å². The Morgan fingerprint density at radius 3 is 3.00 bits per heavy atom. The summed E-state index contributed by atoms with van der Waals surface area (Å²) in [4.78, 5) is 14.0. The van der Waals surface area contributed by atoms with E-state index in [1.54, 1.807) is 24.1 Å². The summed E-state index contributed by atoms with van der Waals surface area (Å²) in [7, 11) is 1.78. The molecule has 1 heterocycles. The van der Waals surface area contributed by atoms with Crippen molar-refractivity contribution in [3.8, 4) is 0 Å². The van der Waals surface area contributed by atoms with Crippen LogP contribution in [0.4, 0.5) is 4.39 Å². The van der Waals surface area contributed by atoms with Crippen molar-refractivity contribution in [1.29, 1.82) is 0 Å². The zero-order valence-electron chi connectivity index (χ0n) is 10.2. The smallest absolute Gasteiger partial charge is 0.255 e. The second kappa shape index (κ2) is 5.80. The van der Waals surface area contributed by atoms with Crippen molar-refractivity contribution in [2.45, 2.75) is 18.9 Å². The third-order valence-electron chi connectivity index (χ3n) is 3.32. The van der Waals surface area contributed by atoms with Gasteiger partial charge in [-0.1, -0.05) is 6.07 Å². The monoisotopic (exact) mass is 314 g/mol. The molecule has 1 N–H and O–H groups in total. The fourth-order valence-electron chi connectivity index (χ4n) is 2.19. The molecule has 0 aliphatic carbocycles. The van der Waals surface area contributed by atoms with Gasteiger partial charge in [-0.2, -0.15) is 0 Å². The quantitative estimate of drug-likeness (QED) is 0.909. The van der Waals surface area contributed by atoms with E-state index in [4.69, 9.17) is 0 Å². The second-order valence-corrected chi connectivity index (χ2v) is 5.31. The van der Waals surface area contributed by atoms with Crippen molar-refractivity contribution < 1.29 is 9.18 Å². The van der Waals surface area contributed by atoms with E-state index in [0.717, 1.165) is 25.9 Å². The number of benzene rings is 1. The molecule has 1 fully saturated rings. The lowest BCUT2D eigenvalue weighted by molar-refractivity contribution is 0.0707. The number of carbonyl (C=O) groups is 1. The summed E-state index contributed by atoms with van der Waals surface area (Å²) < 4.78 is 13.7. The van der Waals surface area contributed by atoms with Gasteiger partial charge in [0, 0.05) is 19.6 Å². The summed E-state index contributed by atoms with van der Waals surface area (Å²) in [5, 5.41) is 3.27. The third-order valence-corrected chi connectivity index (χ3v) is 4.13. The van der Waals surface area contributed by atoms with Crippen LogP contribution in [-0.4, -0.2) is 37.0 Å². The SMILES string of the molecule is CN(C(=O)c1cccc(F)c1Br)C1CCCNC1. The summed E-state index contributed by atoms with van der Waals surface area (Å²) in [6, 6.07) is 4.72. The minimum atomic E-state index is -0.406. The Kier molecular flexibility index (Phi) is 4.35. The number of amides is 1. The average molecular weight is 315 g/mol. The van der Waals surface area contributed by atoms with Gasteiger partial charge in [-0.15, -0.1) is 0 Å². The van der Waals surface area contributed by atoms with Gasteiger partial charge in [-0.3, -0.25) is 4.79 Å². The Balaban J connectivity index is 2.17. The van der Waals surface area contributed by atoms with Crippen LogP contribution < -0.4 is 5.32 Å². The number of carbonyl (C=O) groups excluding carboxylic acids is 1. The van der Waals surface area contributed by atoms with Crippen molar-refractivity contribution in [3.63, 3.8) is 0 Å². The topological polar surface area (TPSA) is 32.3 Å². The Morgan fingerprint density at radius 1 is 1.56 bits per heavy atom. The molecule has 0 aromatic heterocycles. The van der Waals surface area contributed by atoms with E-state index in [-0.39, 0.29) is 16.4 Å². The minimum Gasteiger partial charge on any atom is -0.337 e. The maximum absolute atomic E-state index is 13.4. The van der Waals surface area contributed by atoms with E-state index in [2.05, 4.69) is 21.2 Å². The normalized spacial score (nSPS) is 19.6. The predicted molar refractivity (Wildman–Crippen MR) is 72.1 cm³/mol. The first kappa shape index (κ1) is 13.5. The van der Waals surface area contributed by atoms with Gasteiger partial charge in [-0.25, -0.2) is 4.39 Å². The van der Waals surface area contributed by atoms with Crippen molar-refractivity contribution in [1.82, 2.24) is 10.2 Å². The summed E-state index contributed by atoms with van der Waals surface area (Å²) >= 11 is 3.13. The number of nitrogens with one attached hydrogen (secondary N) is 1. The van der Waals surface area contributed by atoms with Gasteiger partial charge in [0.1, 0.15) is 5.82 Å². The molecule has 1 aliphatic rings. The van der Waals surface area contributed by atoms with Crippen LogP contribution >= 0.6 is 15.9 Å². The molecule has 2 rings (SSSR count). The van der Waals surface area contributed by atoms with Crippen molar-refractivity contribution in [3.05, 3.63) is 34.1 Å². The van der Waals surface area contributed by atoms with Gasteiger partial charge in [0.25, 0.3) is 5.91 Å². The van der Waals surface area contributed by atoms with Gasteiger partial charge in [0.15, 0.2) is 0 Å². The number of rotatable bonds is 2. The summed E-state index contributed by atoms with van der Waals surface area (Å²) in [5.74, 6) is -0.550. The van der Waals surface area contributed by atoms with Crippen LogP contribution in [0.25, 0.3) is 0 Å². The molecular weight excluding hydrogens is 299 g/mol. The molecule has 1 aromatic carbocycles. The number of likely N-dealkylation sites (N-methyl/N-ethyl adjacent to an activating group) is 1. The Bertz CT molecular complexity index is 447. The van der Waals surface area contributed by atoms with Crippen molar-refractivity contribution in [2.75, 3.05) is 20.1 Å². The highest BCUT2D eigenvalue weighted by Crippen LogP contribution is 2.23. The van der Waals surface area contributed by atoms with Crippen LogP contribution in [0.2, 0.25) is 0 Å². The zero-order valence-corrected chi connectivity index (χ0v) is 11.8. The fourth-order valence-corrected chi connectivity index (χ4v) is 2.62. The molecule has 1 aromatic rings. The Morgan fingerprint density at radius 2 is 2.33 bits per heavy atom. The standard InChI is InChI=1S/C13H16BrFN2O/c1-17(9-4-3-7-16-8-9)13(18)10-5-2-6-11(15)12(10)14/h2,5-6,9,16H,3-4,7-8H2,1H3. The molecule has 1 saturated heterocycles. The first-order chi connectivity index (χ1) is 8.61. The largest absolute Gasteiger partial charge is 0.337 e. The lowest BCUT2D eigenvalue weighted by Gasteiger charge is -2.32. The lowest BCUT2D eigenvalue weighted by Crippen LogP contribution is -2.46. The number of piperidine rings is 1. The molecule has 0 radical (unpaired) electrons. The van der Waals surface area contributed by atoms with E-state index in [0.29, 0.717) is 5.56 Å². The summed E-state index contributed by atoms with van der Waals surface area (Å²) in [6.07, 6.45) is 2.05. The maximum Gasteiger partial charge on any atom is 0.255 e. The molecule has 0 bridgehead atoms. The Hall–Kier alpha value is -0.940. The van der Waals surface area contributed by atoms with Gasteiger partial charge in [-0.05, 0) is 47.4 Å². The van der Waals surface area contributed by atoms with E-state index in [1.807, 2.05) is 0 Å². The van der Waals surface area contributed by atoms with Crippen LogP contribution in [0, 0.1) is 5.82 Å². The first-order valence-corrected chi connectivity index (χ1v) is 6.82. The fraction of sp³-hybridized carbons (Fsp3) is 0.462. The maximum atomic E-state index is 13.4. The van der Waals surface area contributed by atoms with E-state index >= 15 is 0 Å². The zero-order chi connectivity index (χ0) is 13.1. The molecule has 0 spiro atoms. The van der Waals surface area contributed by atoms with E-state index in [1.165, 1.54) is 6.07 Å². The molecule has 1 atom stereocenters. The summed E-state index contributed by atoms with van der Waals surface area (Å²) in [5.41, 5.74) is 0.378. The highest BCUT2D eigenvalue weighted by Gasteiger charge is 2.24. The number of halogens is 2. The molecule has 1 unspecified atom stereocenters.